The minimum atomic E-state index is -4.86. The molecular formula is C18H15F3N4O4S. The Balaban J connectivity index is 1.70. The highest BCUT2D eigenvalue weighted by Gasteiger charge is 2.35. The van der Waals surface area contributed by atoms with E-state index in [0.29, 0.717) is 34.6 Å². The maximum atomic E-state index is 13.2. The van der Waals surface area contributed by atoms with Crippen molar-refractivity contribution in [3.63, 3.8) is 0 Å². The molecule has 0 bridgehead atoms. The van der Waals surface area contributed by atoms with Crippen LogP contribution in [0.25, 0.3) is 11.0 Å². The molecule has 0 saturated heterocycles. The number of H-pyrrole nitrogens is 1. The van der Waals surface area contributed by atoms with Crippen molar-refractivity contribution in [2.24, 2.45) is 0 Å². The van der Waals surface area contributed by atoms with Gasteiger partial charge in [-0.1, -0.05) is 11.8 Å². The number of amides is 1. The lowest BCUT2D eigenvalue weighted by atomic mass is 10.1. The third-order valence-electron chi connectivity index (χ3n) is 3.88. The predicted molar refractivity (Wildman–Crippen MR) is 105 cm³/mol. The second-order valence-electron chi connectivity index (χ2n) is 5.98. The molecule has 0 aliphatic carbocycles. The molecule has 1 amide bonds. The molecule has 30 heavy (non-hydrogen) atoms. The Hall–Kier alpha value is -3.28. The number of nitro benzene ring substituents is 1. The van der Waals surface area contributed by atoms with Crippen molar-refractivity contribution < 1.29 is 27.6 Å². The van der Waals surface area contributed by atoms with E-state index in [1.54, 1.807) is 18.2 Å². The molecule has 2 aromatic carbocycles. The maximum absolute atomic E-state index is 13.2. The van der Waals surface area contributed by atoms with E-state index in [0.717, 1.165) is 23.9 Å². The Morgan fingerprint density at radius 2 is 2.07 bits per heavy atom. The predicted octanol–water partition coefficient (Wildman–Crippen LogP) is 4.62. The number of anilines is 1. The van der Waals surface area contributed by atoms with Crippen molar-refractivity contribution in [2.75, 3.05) is 17.7 Å². The Morgan fingerprint density at radius 3 is 2.73 bits per heavy atom. The van der Waals surface area contributed by atoms with Crippen molar-refractivity contribution in [3.8, 4) is 5.75 Å². The van der Waals surface area contributed by atoms with Gasteiger partial charge in [-0.15, -0.1) is 0 Å². The highest BCUT2D eigenvalue weighted by Crippen LogP contribution is 2.37. The molecule has 0 fully saturated rings. The third kappa shape index (κ3) is 5.00. The zero-order chi connectivity index (χ0) is 21.9. The van der Waals surface area contributed by atoms with Crippen molar-refractivity contribution >= 4 is 40.1 Å². The SMILES string of the molecule is CCOc1ccc2nc(SCC(=O)Nc3ccc([N+](=O)[O-])cc3C(F)(F)F)[nH]c2c1. The molecule has 8 nitrogen and oxygen atoms in total. The van der Waals surface area contributed by atoms with Gasteiger partial charge in [0.2, 0.25) is 5.91 Å². The van der Waals surface area contributed by atoms with Crippen LogP contribution in [-0.4, -0.2) is 33.2 Å². The van der Waals surface area contributed by atoms with Crippen LogP contribution in [0.1, 0.15) is 12.5 Å². The molecule has 0 aliphatic heterocycles. The summed E-state index contributed by atoms with van der Waals surface area (Å²) in [5.74, 6) is -0.275. The number of aromatic amines is 1. The van der Waals surface area contributed by atoms with Crippen LogP contribution in [0.4, 0.5) is 24.5 Å². The quantitative estimate of drug-likeness (QED) is 0.315. The van der Waals surface area contributed by atoms with Gasteiger partial charge in [0, 0.05) is 18.2 Å². The fourth-order valence-electron chi connectivity index (χ4n) is 2.60. The monoisotopic (exact) mass is 440 g/mol. The summed E-state index contributed by atoms with van der Waals surface area (Å²) in [6.07, 6.45) is -4.86. The van der Waals surface area contributed by atoms with E-state index in [9.17, 15) is 28.1 Å². The van der Waals surface area contributed by atoms with Crippen LogP contribution in [0.5, 0.6) is 5.75 Å². The molecule has 2 N–H and O–H groups in total. The molecule has 1 aromatic heterocycles. The van der Waals surface area contributed by atoms with E-state index in [2.05, 4.69) is 15.3 Å². The molecule has 0 spiro atoms. The molecule has 0 unspecified atom stereocenters. The molecule has 0 saturated carbocycles. The van der Waals surface area contributed by atoms with Crippen LogP contribution >= 0.6 is 11.8 Å². The second-order valence-corrected chi connectivity index (χ2v) is 6.94. The van der Waals surface area contributed by atoms with Crippen molar-refractivity contribution in [2.45, 2.75) is 18.3 Å². The van der Waals surface area contributed by atoms with Gasteiger partial charge >= 0.3 is 6.18 Å². The van der Waals surface area contributed by atoms with Crippen LogP contribution in [0.15, 0.2) is 41.6 Å². The number of nitro groups is 1. The van der Waals surface area contributed by atoms with Crippen LogP contribution in [0.2, 0.25) is 0 Å². The van der Waals surface area contributed by atoms with E-state index >= 15 is 0 Å². The van der Waals surface area contributed by atoms with Crippen molar-refractivity contribution in [1.82, 2.24) is 9.97 Å². The first-order valence-electron chi connectivity index (χ1n) is 8.58. The zero-order valence-electron chi connectivity index (χ0n) is 15.4. The summed E-state index contributed by atoms with van der Waals surface area (Å²) in [6.45, 7) is 2.36. The number of ether oxygens (including phenoxy) is 1. The lowest BCUT2D eigenvalue weighted by Gasteiger charge is -2.13. The molecule has 0 radical (unpaired) electrons. The average Bonchev–Trinajstić information content (AvgIpc) is 3.08. The fourth-order valence-corrected chi connectivity index (χ4v) is 3.28. The summed E-state index contributed by atoms with van der Waals surface area (Å²) in [5, 5.41) is 13.3. The molecule has 0 aliphatic rings. The Kier molecular flexibility index (Phi) is 6.15. The number of alkyl halides is 3. The number of halogens is 3. The summed E-state index contributed by atoms with van der Waals surface area (Å²) < 4.78 is 45.0. The van der Waals surface area contributed by atoms with Gasteiger partial charge in [-0.3, -0.25) is 14.9 Å². The number of hydrogen-bond donors (Lipinski definition) is 2. The van der Waals surface area contributed by atoms with Crippen molar-refractivity contribution in [1.29, 1.82) is 0 Å². The first-order chi connectivity index (χ1) is 14.2. The topological polar surface area (TPSA) is 110 Å². The second kappa shape index (κ2) is 8.61. The standard InChI is InChI=1S/C18H15F3N4O4S/c1-2-29-11-4-6-14-15(8-11)24-17(23-14)30-9-16(26)22-13-5-3-10(25(27)28)7-12(13)18(19,20)21/h3-8H,2,9H2,1H3,(H,22,26)(H,23,24). The molecule has 1 heterocycles. The summed E-state index contributed by atoms with van der Waals surface area (Å²) in [4.78, 5) is 29.2. The molecule has 0 atom stereocenters. The largest absolute Gasteiger partial charge is 0.494 e. The summed E-state index contributed by atoms with van der Waals surface area (Å²) >= 11 is 1.01. The van der Waals surface area contributed by atoms with Gasteiger partial charge in [-0.2, -0.15) is 13.2 Å². The average molecular weight is 440 g/mol. The minimum Gasteiger partial charge on any atom is -0.494 e. The summed E-state index contributed by atoms with van der Waals surface area (Å²) in [7, 11) is 0. The Morgan fingerprint density at radius 1 is 1.30 bits per heavy atom. The highest BCUT2D eigenvalue weighted by molar-refractivity contribution is 7.99. The van der Waals surface area contributed by atoms with E-state index in [4.69, 9.17) is 4.74 Å². The van der Waals surface area contributed by atoms with Crippen LogP contribution in [0, 0.1) is 10.1 Å². The smallest absolute Gasteiger partial charge is 0.418 e. The number of aromatic nitrogens is 2. The normalized spacial score (nSPS) is 11.5. The van der Waals surface area contributed by atoms with Gasteiger partial charge in [0.05, 0.1) is 39.6 Å². The number of rotatable bonds is 7. The first-order valence-corrected chi connectivity index (χ1v) is 9.56. The van der Waals surface area contributed by atoms with Gasteiger partial charge in [0.25, 0.3) is 5.69 Å². The number of fused-ring (bicyclic) bond motifs is 1. The Labute approximate surface area is 172 Å². The number of thioether (sulfide) groups is 1. The van der Waals surface area contributed by atoms with Crippen LogP contribution in [0.3, 0.4) is 0 Å². The zero-order valence-corrected chi connectivity index (χ0v) is 16.3. The lowest BCUT2D eigenvalue weighted by molar-refractivity contribution is -0.385. The number of benzene rings is 2. The van der Waals surface area contributed by atoms with Crippen LogP contribution in [-0.2, 0) is 11.0 Å². The van der Waals surface area contributed by atoms with E-state index in [1.165, 1.54) is 0 Å². The number of imidazole rings is 1. The Bertz CT molecular complexity index is 1100. The number of non-ortho nitro benzene ring substituents is 1. The number of nitrogens with one attached hydrogen (secondary N) is 2. The molecule has 3 rings (SSSR count). The number of nitrogens with zero attached hydrogens (tertiary/aromatic N) is 2. The summed E-state index contributed by atoms with van der Waals surface area (Å²) in [6, 6.07) is 7.39. The van der Waals surface area contributed by atoms with Gasteiger partial charge in [-0.05, 0) is 25.1 Å². The van der Waals surface area contributed by atoms with E-state index in [-0.39, 0.29) is 5.75 Å². The molecule has 158 valence electrons. The van der Waals surface area contributed by atoms with E-state index in [1.807, 2.05) is 6.92 Å². The van der Waals surface area contributed by atoms with Crippen molar-refractivity contribution in [3.05, 3.63) is 52.1 Å². The third-order valence-corrected chi connectivity index (χ3v) is 4.75. The van der Waals surface area contributed by atoms with E-state index < -0.39 is 33.9 Å². The maximum Gasteiger partial charge on any atom is 0.418 e. The number of carbonyl (C=O) groups excluding carboxylic acids is 1. The van der Waals surface area contributed by atoms with Gasteiger partial charge < -0.3 is 15.0 Å². The number of carbonyl (C=O) groups is 1. The van der Waals surface area contributed by atoms with Crippen LogP contribution < -0.4 is 10.1 Å². The highest BCUT2D eigenvalue weighted by atomic mass is 32.2. The van der Waals surface area contributed by atoms with Gasteiger partial charge in [0.1, 0.15) is 5.75 Å². The summed E-state index contributed by atoms with van der Waals surface area (Å²) in [5.41, 5.74) is -1.22. The molecule has 3 aromatic rings. The molecular weight excluding hydrogens is 425 g/mol. The van der Waals surface area contributed by atoms with Gasteiger partial charge in [-0.25, -0.2) is 4.98 Å². The minimum absolute atomic E-state index is 0.216. The number of hydrogen-bond acceptors (Lipinski definition) is 6. The first kappa shape index (κ1) is 21.4. The fraction of sp³-hybridized carbons (Fsp3) is 0.222. The molecule has 12 heteroatoms. The lowest BCUT2D eigenvalue weighted by Crippen LogP contribution is -2.18. The van der Waals surface area contributed by atoms with Gasteiger partial charge in [0.15, 0.2) is 5.16 Å².